The lowest BCUT2D eigenvalue weighted by atomic mass is 10.1. The van der Waals surface area contributed by atoms with E-state index in [0.717, 1.165) is 23.3 Å². The second-order valence-corrected chi connectivity index (χ2v) is 9.57. The first kappa shape index (κ1) is 22.0. The van der Waals surface area contributed by atoms with E-state index in [0.29, 0.717) is 23.4 Å². The summed E-state index contributed by atoms with van der Waals surface area (Å²) in [6.07, 6.45) is 0. The van der Waals surface area contributed by atoms with Crippen LogP contribution in [0.25, 0.3) is 0 Å². The first-order valence-corrected chi connectivity index (χ1v) is 11.6. The first-order valence-electron chi connectivity index (χ1n) is 10.2. The van der Waals surface area contributed by atoms with Gasteiger partial charge in [-0.15, -0.1) is 0 Å². The number of fused-ring (bicyclic) bond motifs is 1. The standard InChI is InChI=1S/C24H23FN2O4S/c1-17-2-4-18(5-3-17)15-26-24(28)19-6-11-23-20(14-19)16-27(12-13-31-23)32(29,30)22-9-7-21(25)8-10-22/h2-11,14H,12-13,15-16H2,1H3,(H,26,28). The highest BCUT2D eigenvalue weighted by Crippen LogP contribution is 2.28. The molecule has 1 heterocycles. The van der Waals surface area contributed by atoms with Crippen LogP contribution in [0, 0.1) is 12.7 Å². The summed E-state index contributed by atoms with van der Waals surface area (Å²) >= 11 is 0. The number of nitrogens with zero attached hydrogens (tertiary/aromatic N) is 1. The Morgan fingerprint density at radius 1 is 1.06 bits per heavy atom. The second kappa shape index (κ2) is 9.10. The molecule has 0 fully saturated rings. The topological polar surface area (TPSA) is 75.7 Å². The van der Waals surface area contributed by atoms with Crippen molar-refractivity contribution in [3.8, 4) is 5.75 Å². The number of nitrogens with one attached hydrogen (secondary N) is 1. The Morgan fingerprint density at radius 2 is 1.78 bits per heavy atom. The molecule has 1 aliphatic rings. The van der Waals surface area contributed by atoms with Crippen LogP contribution in [0.5, 0.6) is 5.75 Å². The van der Waals surface area contributed by atoms with Crippen LogP contribution in [0.4, 0.5) is 4.39 Å². The molecule has 8 heteroatoms. The number of benzene rings is 3. The van der Waals surface area contributed by atoms with Crippen LogP contribution in [0.15, 0.2) is 71.6 Å². The molecule has 166 valence electrons. The minimum atomic E-state index is -3.84. The molecule has 0 saturated carbocycles. The average Bonchev–Trinajstić information content (AvgIpc) is 3.01. The minimum absolute atomic E-state index is 0.00865. The number of hydrogen-bond acceptors (Lipinski definition) is 4. The van der Waals surface area contributed by atoms with Gasteiger partial charge in [-0.05, 0) is 55.0 Å². The summed E-state index contributed by atoms with van der Waals surface area (Å²) in [6.45, 7) is 2.75. The number of sulfonamides is 1. The molecule has 0 aromatic heterocycles. The molecule has 32 heavy (non-hydrogen) atoms. The van der Waals surface area contributed by atoms with Gasteiger partial charge in [0.2, 0.25) is 10.0 Å². The number of rotatable bonds is 5. The number of carbonyl (C=O) groups is 1. The molecular weight excluding hydrogens is 431 g/mol. The van der Waals surface area contributed by atoms with Crippen LogP contribution in [-0.2, 0) is 23.1 Å². The van der Waals surface area contributed by atoms with E-state index < -0.39 is 15.8 Å². The van der Waals surface area contributed by atoms with Gasteiger partial charge in [-0.25, -0.2) is 12.8 Å². The van der Waals surface area contributed by atoms with E-state index in [9.17, 15) is 17.6 Å². The van der Waals surface area contributed by atoms with E-state index >= 15 is 0 Å². The van der Waals surface area contributed by atoms with Crippen LogP contribution in [0.1, 0.15) is 27.0 Å². The summed E-state index contributed by atoms with van der Waals surface area (Å²) in [4.78, 5) is 12.7. The molecule has 0 radical (unpaired) electrons. The van der Waals surface area contributed by atoms with Crippen molar-refractivity contribution in [2.75, 3.05) is 13.2 Å². The molecule has 0 spiro atoms. The summed E-state index contributed by atoms with van der Waals surface area (Å²) in [7, 11) is -3.84. The SMILES string of the molecule is Cc1ccc(CNC(=O)c2ccc3c(c2)CN(S(=O)(=O)c2ccc(F)cc2)CCO3)cc1. The maximum atomic E-state index is 13.2. The highest BCUT2D eigenvalue weighted by molar-refractivity contribution is 7.89. The van der Waals surface area contributed by atoms with Gasteiger partial charge in [0.15, 0.2) is 0 Å². The monoisotopic (exact) mass is 454 g/mol. The molecule has 1 N–H and O–H groups in total. The Balaban J connectivity index is 1.52. The lowest BCUT2D eigenvalue weighted by molar-refractivity contribution is 0.0950. The Bertz CT molecular complexity index is 1230. The van der Waals surface area contributed by atoms with Crippen molar-refractivity contribution in [1.29, 1.82) is 0 Å². The maximum Gasteiger partial charge on any atom is 0.251 e. The highest BCUT2D eigenvalue weighted by atomic mass is 32.2. The van der Waals surface area contributed by atoms with Crippen molar-refractivity contribution in [2.45, 2.75) is 24.9 Å². The van der Waals surface area contributed by atoms with Crippen molar-refractivity contribution in [1.82, 2.24) is 9.62 Å². The molecule has 0 atom stereocenters. The van der Waals surface area contributed by atoms with Gasteiger partial charge in [0.1, 0.15) is 18.2 Å². The van der Waals surface area contributed by atoms with Crippen molar-refractivity contribution in [3.05, 3.63) is 94.8 Å². The largest absolute Gasteiger partial charge is 0.492 e. The molecule has 3 aromatic carbocycles. The van der Waals surface area contributed by atoms with Gasteiger partial charge >= 0.3 is 0 Å². The summed E-state index contributed by atoms with van der Waals surface area (Å²) < 4.78 is 46.3. The van der Waals surface area contributed by atoms with E-state index in [1.807, 2.05) is 31.2 Å². The molecule has 4 rings (SSSR count). The molecular formula is C24H23FN2O4S. The van der Waals surface area contributed by atoms with Crippen LogP contribution in [-0.4, -0.2) is 31.8 Å². The predicted octanol–water partition coefficient (Wildman–Crippen LogP) is 3.65. The van der Waals surface area contributed by atoms with Gasteiger partial charge in [0, 0.05) is 30.8 Å². The number of hydrogen-bond donors (Lipinski definition) is 1. The third-order valence-electron chi connectivity index (χ3n) is 5.29. The van der Waals surface area contributed by atoms with Gasteiger partial charge in [-0.2, -0.15) is 4.31 Å². The average molecular weight is 455 g/mol. The van der Waals surface area contributed by atoms with E-state index in [2.05, 4.69) is 5.32 Å². The third-order valence-corrected chi connectivity index (χ3v) is 7.15. The summed E-state index contributed by atoms with van der Waals surface area (Å²) in [5.74, 6) is -0.225. The maximum absolute atomic E-state index is 13.2. The van der Waals surface area contributed by atoms with E-state index in [4.69, 9.17) is 4.74 Å². The Morgan fingerprint density at radius 3 is 2.50 bits per heavy atom. The Labute approximate surface area is 186 Å². The van der Waals surface area contributed by atoms with Crippen LogP contribution in [0.3, 0.4) is 0 Å². The third kappa shape index (κ3) is 4.81. The number of carbonyl (C=O) groups excluding carboxylic acids is 1. The van der Waals surface area contributed by atoms with Crippen molar-refractivity contribution in [3.63, 3.8) is 0 Å². The van der Waals surface area contributed by atoms with Crippen LogP contribution < -0.4 is 10.1 Å². The zero-order chi connectivity index (χ0) is 22.7. The van der Waals surface area contributed by atoms with E-state index in [1.165, 1.54) is 16.4 Å². The Hall–Kier alpha value is -3.23. The van der Waals surface area contributed by atoms with Crippen molar-refractivity contribution >= 4 is 15.9 Å². The van der Waals surface area contributed by atoms with Gasteiger partial charge in [-0.3, -0.25) is 4.79 Å². The van der Waals surface area contributed by atoms with Gasteiger partial charge in [-0.1, -0.05) is 29.8 Å². The fraction of sp³-hybridized carbons (Fsp3) is 0.208. The number of ether oxygens (including phenoxy) is 1. The molecule has 1 aliphatic heterocycles. The van der Waals surface area contributed by atoms with Gasteiger partial charge < -0.3 is 10.1 Å². The predicted molar refractivity (Wildman–Crippen MR) is 118 cm³/mol. The summed E-state index contributed by atoms with van der Waals surface area (Å²) in [5, 5.41) is 2.88. The lowest BCUT2D eigenvalue weighted by Crippen LogP contribution is -2.32. The van der Waals surface area contributed by atoms with Gasteiger partial charge in [0.05, 0.1) is 4.90 Å². The molecule has 0 aliphatic carbocycles. The molecule has 1 amide bonds. The summed E-state index contributed by atoms with van der Waals surface area (Å²) in [6, 6.07) is 17.6. The quantitative estimate of drug-likeness (QED) is 0.639. The fourth-order valence-corrected chi connectivity index (χ4v) is 4.86. The van der Waals surface area contributed by atoms with Crippen molar-refractivity contribution in [2.24, 2.45) is 0 Å². The van der Waals surface area contributed by atoms with Crippen LogP contribution in [0.2, 0.25) is 0 Å². The molecule has 6 nitrogen and oxygen atoms in total. The minimum Gasteiger partial charge on any atom is -0.492 e. The smallest absolute Gasteiger partial charge is 0.251 e. The van der Waals surface area contributed by atoms with E-state index in [-0.39, 0.29) is 30.5 Å². The molecule has 0 unspecified atom stereocenters. The number of amides is 1. The highest BCUT2D eigenvalue weighted by Gasteiger charge is 2.28. The summed E-state index contributed by atoms with van der Waals surface area (Å²) in [5.41, 5.74) is 3.14. The Kier molecular flexibility index (Phi) is 6.25. The zero-order valence-corrected chi connectivity index (χ0v) is 18.4. The van der Waals surface area contributed by atoms with E-state index in [1.54, 1.807) is 18.2 Å². The zero-order valence-electron chi connectivity index (χ0n) is 17.5. The molecule has 0 bridgehead atoms. The van der Waals surface area contributed by atoms with Gasteiger partial charge in [0.25, 0.3) is 5.91 Å². The molecule has 3 aromatic rings. The number of aryl methyl sites for hydroxylation is 1. The number of halogens is 1. The van der Waals surface area contributed by atoms with Crippen LogP contribution >= 0.6 is 0 Å². The normalized spacial score (nSPS) is 14.2. The first-order chi connectivity index (χ1) is 15.3. The second-order valence-electron chi connectivity index (χ2n) is 7.63. The fourth-order valence-electron chi connectivity index (χ4n) is 3.46. The lowest BCUT2D eigenvalue weighted by Gasteiger charge is -2.19. The molecule has 0 saturated heterocycles. The van der Waals surface area contributed by atoms with Crippen molar-refractivity contribution < 1.29 is 22.3 Å².